The molecule has 1 radical (unpaired) electrons. The second-order valence-electron chi connectivity index (χ2n) is 1.73. The Morgan fingerprint density at radius 2 is 1.57 bits per heavy atom. The van der Waals surface area contributed by atoms with Crippen molar-refractivity contribution in [3.63, 3.8) is 0 Å². The van der Waals surface area contributed by atoms with E-state index in [-0.39, 0.29) is 23.2 Å². The zero-order valence-electron chi connectivity index (χ0n) is 4.60. The van der Waals surface area contributed by atoms with Crippen LogP contribution >= 0.6 is 0 Å². The number of hydrogen-bond acceptors (Lipinski definition) is 0. The fraction of sp³-hybridized carbons (Fsp3) is 0.333. The molecule has 0 aliphatic carbocycles. The van der Waals surface area contributed by atoms with Crippen LogP contribution in [0.25, 0.3) is 0 Å². The molecule has 0 nitrogen and oxygen atoms in total. The molecule has 1 aliphatic rings. The standard InChI is InChI=1S/C6H8.Bi/c1-3-5-6-4-2;/h5-6H,1-2H3;. The molecular weight excluding hydrogens is 281 g/mol. The first kappa shape index (κ1) is 5.50. The molecule has 0 aromatic heterocycles. The van der Waals surface area contributed by atoms with Crippen molar-refractivity contribution in [3.05, 3.63) is 18.7 Å². The van der Waals surface area contributed by atoms with E-state index < -0.39 is 0 Å². The third-order valence-electron chi connectivity index (χ3n) is 0.918. The molecule has 1 heteroatoms. The first-order valence-corrected chi connectivity index (χ1v) is 5.83. The second-order valence-corrected chi connectivity index (χ2v) is 8.08. The van der Waals surface area contributed by atoms with E-state index in [0.717, 1.165) is 0 Å². The van der Waals surface area contributed by atoms with Crippen LogP contribution in [-0.2, 0) is 0 Å². The van der Waals surface area contributed by atoms with E-state index >= 15 is 0 Å². The van der Waals surface area contributed by atoms with Gasteiger partial charge in [0.15, 0.2) is 0 Å². The second kappa shape index (κ2) is 2.09. The van der Waals surface area contributed by atoms with Crippen molar-refractivity contribution in [1.29, 1.82) is 0 Å². The molecule has 1 rings (SSSR count). The summed E-state index contributed by atoms with van der Waals surface area (Å²) in [7, 11) is 0. The third kappa shape index (κ3) is 1.38. The van der Waals surface area contributed by atoms with Crippen molar-refractivity contribution in [2.24, 2.45) is 0 Å². The summed E-state index contributed by atoms with van der Waals surface area (Å²) in [6.07, 6.45) is 4.51. The van der Waals surface area contributed by atoms with E-state index in [0.29, 0.717) is 0 Å². The average Bonchev–Trinajstić information content (AvgIpc) is 1.87. The first-order valence-electron chi connectivity index (χ1n) is 2.36. The molecule has 0 saturated carbocycles. The van der Waals surface area contributed by atoms with Gasteiger partial charge >= 0.3 is 55.8 Å². The van der Waals surface area contributed by atoms with Gasteiger partial charge in [0, 0.05) is 0 Å². The van der Waals surface area contributed by atoms with Crippen LogP contribution in [0.1, 0.15) is 13.8 Å². The normalized spacial score (nSPS) is 19.1. The molecule has 0 aromatic carbocycles. The van der Waals surface area contributed by atoms with Crippen molar-refractivity contribution in [1.82, 2.24) is 0 Å². The van der Waals surface area contributed by atoms with Crippen LogP contribution in [0.2, 0.25) is 0 Å². The van der Waals surface area contributed by atoms with Crippen LogP contribution < -0.4 is 0 Å². The predicted molar refractivity (Wildman–Crippen MR) is 33.3 cm³/mol. The minimum atomic E-state index is -0.210. The maximum atomic E-state index is 2.26. The molecule has 0 spiro atoms. The summed E-state index contributed by atoms with van der Waals surface area (Å²) >= 11 is -0.210. The van der Waals surface area contributed by atoms with Crippen molar-refractivity contribution in [2.75, 3.05) is 0 Å². The average molecular weight is 289 g/mol. The molecule has 0 N–H and O–H groups in total. The summed E-state index contributed by atoms with van der Waals surface area (Å²) in [5, 5.41) is 0. The van der Waals surface area contributed by atoms with Crippen molar-refractivity contribution in [2.45, 2.75) is 13.8 Å². The maximum absolute atomic E-state index is 2.26. The van der Waals surface area contributed by atoms with Crippen LogP contribution in [0.4, 0.5) is 0 Å². The zero-order valence-corrected chi connectivity index (χ0v) is 8.08. The molecule has 0 fully saturated rings. The van der Waals surface area contributed by atoms with Gasteiger partial charge in [0.05, 0.1) is 0 Å². The Kier molecular flexibility index (Phi) is 1.64. The van der Waals surface area contributed by atoms with E-state index in [9.17, 15) is 0 Å². The Labute approximate surface area is 55.9 Å². The minimum absolute atomic E-state index is 0.210. The molecule has 0 aromatic rings. The van der Waals surface area contributed by atoms with E-state index in [4.69, 9.17) is 0 Å². The van der Waals surface area contributed by atoms with E-state index in [1.54, 1.807) is 6.56 Å². The van der Waals surface area contributed by atoms with Crippen LogP contribution in [0.15, 0.2) is 18.7 Å². The molecule has 7 heavy (non-hydrogen) atoms. The number of rotatable bonds is 0. The van der Waals surface area contributed by atoms with Crippen LogP contribution in [-0.4, -0.2) is 23.2 Å². The van der Waals surface area contributed by atoms with Gasteiger partial charge in [-0.25, -0.2) is 0 Å². The molecule has 1 heterocycles. The summed E-state index contributed by atoms with van der Waals surface area (Å²) in [4.78, 5) is 0. The SMILES string of the molecule is C[C]1=CC=[C](C)[Bi]1. The fourth-order valence-corrected chi connectivity index (χ4v) is 3.92. The van der Waals surface area contributed by atoms with E-state index in [2.05, 4.69) is 26.0 Å². The Balaban J connectivity index is 2.61. The van der Waals surface area contributed by atoms with Crippen molar-refractivity contribution < 1.29 is 0 Å². The Hall–Kier alpha value is 0.363. The van der Waals surface area contributed by atoms with Crippen molar-refractivity contribution >= 4 is 23.2 Å². The summed E-state index contributed by atoms with van der Waals surface area (Å²) in [5.41, 5.74) is 0. The molecule has 37 valence electrons. The van der Waals surface area contributed by atoms with E-state index in [1.165, 1.54) is 0 Å². The molecule has 1 aliphatic heterocycles. The first-order chi connectivity index (χ1) is 3.29. The molecular formula is C6H8Bi. The Morgan fingerprint density at radius 1 is 1.14 bits per heavy atom. The summed E-state index contributed by atoms with van der Waals surface area (Å²) in [5.74, 6) is 0. The van der Waals surface area contributed by atoms with Gasteiger partial charge in [0.1, 0.15) is 0 Å². The molecule has 0 atom stereocenters. The number of hydrogen-bond donors (Lipinski definition) is 0. The summed E-state index contributed by atoms with van der Waals surface area (Å²) in [6.45, 7) is 4.48. The third-order valence-corrected chi connectivity index (χ3v) is 4.82. The monoisotopic (exact) mass is 289 g/mol. The fourth-order valence-electron chi connectivity index (χ4n) is 0.594. The molecule has 0 amide bonds. The van der Waals surface area contributed by atoms with Gasteiger partial charge in [-0.1, -0.05) is 0 Å². The van der Waals surface area contributed by atoms with Gasteiger partial charge in [-0.05, 0) is 0 Å². The zero-order chi connectivity index (χ0) is 5.28. The topological polar surface area (TPSA) is 0 Å². The predicted octanol–water partition coefficient (Wildman–Crippen LogP) is 1.51. The number of allylic oxidation sites excluding steroid dienone is 4. The Morgan fingerprint density at radius 3 is 1.71 bits per heavy atom. The van der Waals surface area contributed by atoms with Gasteiger partial charge in [-0.3, -0.25) is 0 Å². The van der Waals surface area contributed by atoms with Crippen LogP contribution in [0.5, 0.6) is 0 Å². The van der Waals surface area contributed by atoms with Gasteiger partial charge in [-0.2, -0.15) is 0 Å². The van der Waals surface area contributed by atoms with Gasteiger partial charge < -0.3 is 0 Å². The summed E-state index contributed by atoms with van der Waals surface area (Å²) < 4.78 is 3.33. The molecule has 0 bridgehead atoms. The quantitative estimate of drug-likeness (QED) is 0.593. The van der Waals surface area contributed by atoms with Gasteiger partial charge in [0.25, 0.3) is 0 Å². The van der Waals surface area contributed by atoms with E-state index in [1.807, 2.05) is 0 Å². The van der Waals surface area contributed by atoms with Crippen molar-refractivity contribution in [3.8, 4) is 0 Å². The molecule has 0 saturated heterocycles. The molecule has 0 unspecified atom stereocenters. The van der Waals surface area contributed by atoms with Crippen LogP contribution in [0, 0.1) is 0 Å². The van der Waals surface area contributed by atoms with Gasteiger partial charge in [-0.15, -0.1) is 0 Å². The van der Waals surface area contributed by atoms with Gasteiger partial charge in [0.2, 0.25) is 0 Å². The van der Waals surface area contributed by atoms with Crippen LogP contribution in [0.3, 0.4) is 0 Å². The summed E-state index contributed by atoms with van der Waals surface area (Å²) in [6, 6.07) is 0. The Bertz CT molecular complexity index is 115.